The number of nitrogens with zero attached hydrogens (tertiary/aromatic N) is 3. The van der Waals surface area contributed by atoms with Crippen LogP contribution in [0.4, 0.5) is 5.95 Å². The Labute approximate surface area is 86.3 Å². The predicted molar refractivity (Wildman–Crippen MR) is 56.7 cm³/mol. The molecule has 0 radical (unpaired) electrons. The Hall–Kier alpha value is -0.680. The summed E-state index contributed by atoms with van der Waals surface area (Å²) < 4.78 is 0.892. The van der Waals surface area contributed by atoms with Crippen LogP contribution < -0.4 is 10.6 Å². The van der Waals surface area contributed by atoms with E-state index in [0.717, 1.165) is 23.4 Å². The lowest BCUT2D eigenvalue weighted by Crippen LogP contribution is -2.22. The molecular formula is C8H13BrN4. The molecule has 72 valence electrons. The summed E-state index contributed by atoms with van der Waals surface area (Å²) in [5.74, 6) is 0.733. The van der Waals surface area contributed by atoms with Gasteiger partial charge < -0.3 is 10.6 Å². The molecule has 1 heterocycles. The molecule has 1 aromatic heterocycles. The van der Waals surface area contributed by atoms with E-state index >= 15 is 0 Å². The second-order valence-corrected chi connectivity index (χ2v) is 3.68. The highest BCUT2D eigenvalue weighted by atomic mass is 79.9. The van der Waals surface area contributed by atoms with Gasteiger partial charge in [-0.3, -0.25) is 0 Å². The molecule has 0 aliphatic carbocycles. The van der Waals surface area contributed by atoms with Gasteiger partial charge in [0.1, 0.15) is 0 Å². The lowest BCUT2D eigenvalue weighted by molar-refractivity contribution is 0.774. The third kappa shape index (κ3) is 3.28. The number of hydrogen-bond donors (Lipinski definition) is 1. The maximum atomic E-state index is 5.40. The van der Waals surface area contributed by atoms with Crippen molar-refractivity contribution in [1.29, 1.82) is 0 Å². The van der Waals surface area contributed by atoms with Crippen LogP contribution in [0.3, 0.4) is 0 Å². The van der Waals surface area contributed by atoms with E-state index in [1.54, 1.807) is 12.4 Å². The molecule has 0 fully saturated rings. The molecule has 1 rings (SSSR count). The second kappa shape index (κ2) is 5.14. The predicted octanol–water partition coefficient (Wildman–Crippen LogP) is 1.02. The van der Waals surface area contributed by atoms with E-state index in [2.05, 4.69) is 25.9 Å². The van der Waals surface area contributed by atoms with Crippen LogP contribution >= 0.6 is 15.9 Å². The molecule has 0 spiro atoms. The van der Waals surface area contributed by atoms with Crippen molar-refractivity contribution in [2.45, 2.75) is 6.42 Å². The molecule has 0 aliphatic rings. The summed E-state index contributed by atoms with van der Waals surface area (Å²) in [7, 11) is 1.96. The van der Waals surface area contributed by atoms with Crippen molar-refractivity contribution in [3.8, 4) is 0 Å². The highest BCUT2D eigenvalue weighted by Crippen LogP contribution is 2.09. The van der Waals surface area contributed by atoms with Gasteiger partial charge >= 0.3 is 0 Å². The Kier molecular flexibility index (Phi) is 4.11. The van der Waals surface area contributed by atoms with Gasteiger partial charge in [0, 0.05) is 26.0 Å². The first-order chi connectivity index (χ1) is 6.24. The molecule has 2 N–H and O–H groups in total. The number of nitrogens with two attached hydrogens (primary N) is 1. The molecule has 0 aromatic carbocycles. The van der Waals surface area contributed by atoms with Crippen molar-refractivity contribution in [2.75, 3.05) is 25.0 Å². The SMILES string of the molecule is CN(CCCN)c1ncc(Br)cn1. The number of rotatable bonds is 4. The summed E-state index contributed by atoms with van der Waals surface area (Å²) in [6, 6.07) is 0. The van der Waals surface area contributed by atoms with E-state index in [1.807, 2.05) is 11.9 Å². The van der Waals surface area contributed by atoms with Crippen LogP contribution in [0.2, 0.25) is 0 Å². The fourth-order valence-corrected chi connectivity index (χ4v) is 1.14. The first-order valence-corrected chi connectivity index (χ1v) is 4.92. The summed E-state index contributed by atoms with van der Waals surface area (Å²) >= 11 is 3.28. The molecule has 0 saturated carbocycles. The molecule has 0 saturated heterocycles. The summed E-state index contributed by atoms with van der Waals surface area (Å²) in [5.41, 5.74) is 5.40. The minimum absolute atomic E-state index is 0.695. The van der Waals surface area contributed by atoms with Gasteiger partial charge in [-0.25, -0.2) is 9.97 Å². The Bertz CT molecular complexity index is 249. The van der Waals surface area contributed by atoms with Crippen molar-refractivity contribution in [2.24, 2.45) is 5.73 Å². The van der Waals surface area contributed by atoms with Crippen LogP contribution in [0.15, 0.2) is 16.9 Å². The van der Waals surface area contributed by atoms with Crippen LogP contribution in [0.25, 0.3) is 0 Å². The molecule has 1 aromatic rings. The number of aromatic nitrogens is 2. The van der Waals surface area contributed by atoms with Crippen molar-refractivity contribution in [3.63, 3.8) is 0 Å². The molecule has 4 nitrogen and oxygen atoms in total. The van der Waals surface area contributed by atoms with E-state index in [0.29, 0.717) is 6.54 Å². The molecule has 0 atom stereocenters. The Morgan fingerprint density at radius 2 is 2.08 bits per heavy atom. The maximum Gasteiger partial charge on any atom is 0.225 e. The molecular weight excluding hydrogens is 232 g/mol. The zero-order valence-electron chi connectivity index (χ0n) is 7.57. The van der Waals surface area contributed by atoms with Gasteiger partial charge in [-0.1, -0.05) is 0 Å². The first kappa shape index (κ1) is 10.4. The van der Waals surface area contributed by atoms with Gasteiger partial charge in [0.05, 0.1) is 4.47 Å². The summed E-state index contributed by atoms with van der Waals surface area (Å²) in [5, 5.41) is 0. The fourth-order valence-electron chi connectivity index (χ4n) is 0.931. The van der Waals surface area contributed by atoms with E-state index in [-0.39, 0.29) is 0 Å². The molecule has 0 unspecified atom stereocenters. The standard InChI is InChI=1S/C8H13BrN4/c1-13(4-2-3-10)8-11-5-7(9)6-12-8/h5-6H,2-4,10H2,1H3. The average Bonchev–Trinajstić information content (AvgIpc) is 2.15. The number of halogens is 1. The van der Waals surface area contributed by atoms with Gasteiger partial charge in [0.2, 0.25) is 5.95 Å². The van der Waals surface area contributed by atoms with Gasteiger partial charge in [-0.2, -0.15) is 0 Å². The van der Waals surface area contributed by atoms with E-state index in [1.165, 1.54) is 0 Å². The fraction of sp³-hybridized carbons (Fsp3) is 0.500. The molecule has 0 amide bonds. The van der Waals surface area contributed by atoms with Gasteiger partial charge in [-0.05, 0) is 28.9 Å². The van der Waals surface area contributed by atoms with Crippen molar-refractivity contribution < 1.29 is 0 Å². The minimum atomic E-state index is 0.695. The lowest BCUT2D eigenvalue weighted by atomic mass is 10.4. The molecule has 0 bridgehead atoms. The topological polar surface area (TPSA) is 55.0 Å². The quantitative estimate of drug-likeness (QED) is 0.860. The normalized spacial score (nSPS) is 10.1. The van der Waals surface area contributed by atoms with Crippen LogP contribution in [-0.4, -0.2) is 30.1 Å². The summed E-state index contributed by atoms with van der Waals surface area (Å²) in [4.78, 5) is 10.3. The second-order valence-electron chi connectivity index (χ2n) is 2.77. The Morgan fingerprint density at radius 3 is 2.62 bits per heavy atom. The van der Waals surface area contributed by atoms with Crippen LogP contribution in [0, 0.1) is 0 Å². The highest BCUT2D eigenvalue weighted by Gasteiger charge is 2.01. The molecule has 5 heteroatoms. The first-order valence-electron chi connectivity index (χ1n) is 4.13. The Balaban J connectivity index is 2.55. The summed E-state index contributed by atoms with van der Waals surface area (Å²) in [6.45, 7) is 1.58. The Morgan fingerprint density at radius 1 is 1.46 bits per heavy atom. The van der Waals surface area contributed by atoms with Gasteiger partial charge in [0.15, 0.2) is 0 Å². The van der Waals surface area contributed by atoms with Crippen LogP contribution in [0.5, 0.6) is 0 Å². The highest BCUT2D eigenvalue weighted by molar-refractivity contribution is 9.10. The van der Waals surface area contributed by atoms with E-state index in [4.69, 9.17) is 5.73 Å². The summed E-state index contributed by atoms with van der Waals surface area (Å²) in [6.07, 6.45) is 4.43. The molecule has 0 aliphatic heterocycles. The van der Waals surface area contributed by atoms with Crippen molar-refractivity contribution in [1.82, 2.24) is 9.97 Å². The van der Waals surface area contributed by atoms with E-state index < -0.39 is 0 Å². The van der Waals surface area contributed by atoms with Crippen LogP contribution in [-0.2, 0) is 0 Å². The average molecular weight is 245 g/mol. The van der Waals surface area contributed by atoms with Crippen molar-refractivity contribution in [3.05, 3.63) is 16.9 Å². The zero-order chi connectivity index (χ0) is 9.68. The van der Waals surface area contributed by atoms with E-state index in [9.17, 15) is 0 Å². The number of hydrogen-bond acceptors (Lipinski definition) is 4. The molecule has 13 heavy (non-hydrogen) atoms. The van der Waals surface area contributed by atoms with Crippen LogP contribution in [0.1, 0.15) is 6.42 Å². The minimum Gasteiger partial charge on any atom is -0.344 e. The third-order valence-corrected chi connectivity index (χ3v) is 2.06. The third-order valence-electron chi connectivity index (χ3n) is 1.65. The number of anilines is 1. The maximum absolute atomic E-state index is 5.40. The largest absolute Gasteiger partial charge is 0.344 e. The monoisotopic (exact) mass is 244 g/mol. The lowest BCUT2D eigenvalue weighted by Gasteiger charge is -2.15. The van der Waals surface area contributed by atoms with Gasteiger partial charge in [0.25, 0.3) is 0 Å². The zero-order valence-corrected chi connectivity index (χ0v) is 9.16. The van der Waals surface area contributed by atoms with Gasteiger partial charge in [-0.15, -0.1) is 0 Å². The smallest absolute Gasteiger partial charge is 0.225 e. The van der Waals surface area contributed by atoms with Crippen molar-refractivity contribution >= 4 is 21.9 Å².